The summed E-state index contributed by atoms with van der Waals surface area (Å²) in [6.07, 6.45) is 9.21. The van der Waals surface area contributed by atoms with Crippen LogP contribution in [0.5, 0.6) is 11.5 Å². The van der Waals surface area contributed by atoms with Gasteiger partial charge in [-0.3, -0.25) is 4.79 Å². The molecule has 1 heterocycles. The second-order valence-electron chi connectivity index (χ2n) is 6.65. The number of hydrogen-bond donors (Lipinski definition) is 2. The van der Waals surface area contributed by atoms with Crippen LogP contribution in [0.4, 0.5) is 5.95 Å². The Balaban J connectivity index is 1.54. The molecule has 0 bridgehead atoms. The van der Waals surface area contributed by atoms with Crippen LogP contribution in [0.15, 0.2) is 30.6 Å². The summed E-state index contributed by atoms with van der Waals surface area (Å²) in [7, 11) is 3.17. The maximum atomic E-state index is 12.3. The molecule has 1 aromatic heterocycles. The topological polar surface area (TPSA) is 85.4 Å². The number of carbonyl (C=O) groups excluding carboxylic acids is 1. The van der Waals surface area contributed by atoms with Gasteiger partial charge in [-0.1, -0.05) is 25.3 Å². The molecule has 1 amide bonds. The number of amides is 1. The molecule has 1 aromatic carbocycles. The van der Waals surface area contributed by atoms with Gasteiger partial charge < -0.3 is 20.1 Å². The molecular formula is C20H26N4O3. The fraction of sp³-hybridized carbons (Fsp3) is 0.450. The zero-order chi connectivity index (χ0) is 19.1. The van der Waals surface area contributed by atoms with E-state index in [4.69, 9.17) is 9.47 Å². The van der Waals surface area contributed by atoms with Gasteiger partial charge in [0.1, 0.15) is 0 Å². The van der Waals surface area contributed by atoms with Crippen molar-refractivity contribution in [2.45, 2.75) is 44.7 Å². The third-order valence-electron chi connectivity index (χ3n) is 4.75. The Morgan fingerprint density at radius 1 is 1.07 bits per heavy atom. The SMILES string of the molecule is COc1ccc(CNC(=O)c2cnc(NC3CCCCC3)nc2)cc1OC. The molecule has 0 aliphatic heterocycles. The summed E-state index contributed by atoms with van der Waals surface area (Å²) in [5.41, 5.74) is 1.35. The van der Waals surface area contributed by atoms with Crippen molar-refractivity contribution in [1.29, 1.82) is 0 Å². The first-order valence-electron chi connectivity index (χ1n) is 9.27. The molecule has 1 fully saturated rings. The van der Waals surface area contributed by atoms with Crippen LogP contribution in [-0.2, 0) is 6.54 Å². The number of nitrogens with zero attached hydrogens (tertiary/aromatic N) is 2. The number of rotatable bonds is 7. The van der Waals surface area contributed by atoms with Crippen molar-refractivity contribution in [2.75, 3.05) is 19.5 Å². The minimum Gasteiger partial charge on any atom is -0.493 e. The van der Waals surface area contributed by atoms with Crippen molar-refractivity contribution in [2.24, 2.45) is 0 Å². The number of anilines is 1. The monoisotopic (exact) mass is 370 g/mol. The third kappa shape index (κ3) is 5.09. The Hall–Kier alpha value is -2.83. The number of carbonyl (C=O) groups is 1. The summed E-state index contributed by atoms with van der Waals surface area (Å²) in [4.78, 5) is 20.9. The van der Waals surface area contributed by atoms with E-state index in [1.54, 1.807) is 26.6 Å². The van der Waals surface area contributed by atoms with E-state index in [0.717, 1.165) is 18.4 Å². The standard InChI is InChI=1S/C20H26N4O3/c1-26-17-9-8-14(10-18(17)27-2)11-21-19(25)15-12-22-20(23-13-15)24-16-6-4-3-5-7-16/h8-10,12-13,16H,3-7,11H2,1-2H3,(H,21,25)(H,22,23,24). The lowest BCUT2D eigenvalue weighted by atomic mass is 9.96. The van der Waals surface area contributed by atoms with Crippen LogP contribution >= 0.6 is 0 Å². The van der Waals surface area contributed by atoms with Crippen LogP contribution in [0.25, 0.3) is 0 Å². The van der Waals surface area contributed by atoms with Crippen LogP contribution < -0.4 is 20.1 Å². The number of hydrogen-bond acceptors (Lipinski definition) is 6. The normalized spacial score (nSPS) is 14.4. The van der Waals surface area contributed by atoms with Gasteiger partial charge in [-0.15, -0.1) is 0 Å². The van der Waals surface area contributed by atoms with Crippen LogP contribution in [0.1, 0.15) is 48.0 Å². The summed E-state index contributed by atoms with van der Waals surface area (Å²) in [6.45, 7) is 0.376. The first-order chi connectivity index (χ1) is 13.2. The highest BCUT2D eigenvalue weighted by Gasteiger charge is 2.14. The van der Waals surface area contributed by atoms with Gasteiger partial charge in [0.2, 0.25) is 5.95 Å². The molecule has 0 saturated heterocycles. The van der Waals surface area contributed by atoms with E-state index < -0.39 is 0 Å². The lowest BCUT2D eigenvalue weighted by molar-refractivity contribution is 0.0950. The van der Waals surface area contributed by atoms with Gasteiger partial charge in [0.05, 0.1) is 19.8 Å². The highest BCUT2D eigenvalue weighted by molar-refractivity contribution is 5.93. The molecule has 2 aromatic rings. The average molecular weight is 370 g/mol. The van der Waals surface area contributed by atoms with Gasteiger partial charge in [-0.05, 0) is 30.5 Å². The van der Waals surface area contributed by atoms with Crippen LogP contribution in [0.3, 0.4) is 0 Å². The number of ether oxygens (including phenoxy) is 2. The van der Waals surface area contributed by atoms with Crippen molar-refractivity contribution in [3.8, 4) is 11.5 Å². The smallest absolute Gasteiger partial charge is 0.254 e. The molecule has 0 atom stereocenters. The minimum absolute atomic E-state index is 0.214. The lowest BCUT2D eigenvalue weighted by Crippen LogP contribution is -2.25. The summed E-state index contributed by atoms with van der Waals surface area (Å²) in [5, 5.41) is 6.22. The molecular weight excluding hydrogens is 344 g/mol. The molecule has 144 valence electrons. The highest BCUT2D eigenvalue weighted by Crippen LogP contribution is 2.27. The van der Waals surface area contributed by atoms with Crippen LogP contribution in [-0.4, -0.2) is 36.1 Å². The van der Waals surface area contributed by atoms with E-state index in [2.05, 4.69) is 20.6 Å². The maximum absolute atomic E-state index is 12.3. The molecule has 1 saturated carbocycles. The number of methoxy groups -OCH3 is 2. The van der Waals surface area contributed by atoms with E-state index in [-0.39, 0.29) is 5.91 Å². The van der Waals surface area contributed by atoms with E-state index in [0.29, 0.717) is 35.6 Å². The van der Waals surface area contributed by atoms with Crippen LogP contribution in [0.2, 0.25) is 0 Å². The van der Waals surface area contributed by atoms with E-state index in [9.17, 15) is 4.79 Å². The van der Waals surface area contributed by atoms with Crippen LogP contribution in [0, 0.1) is 0 Å². The lowest BCUT2D eigenvalue weighted by Gasteiger charge is -2.22. The van der Waals surface area contributed by atoms with E-state index in [1.165, 1.54) is 19.3 Å². The fourth-order valence-electron chi connectivity index (χ4n) is 3.22. The summed E-state index contributed by atoms with van der Waals surface area (Å²) in [6, 6.07) is 5.97. The largest absolute Gasteiger partial charge is 0.493 e. The molecule has 0 radical (unpaired) electrons. The predicted octanol–water partition coefficient (Wildman–Crippen LogP) is 3.17. The van der Waals surface area contributed by atoms with Crippen molar-refractivity contribution in [1.82, 2.24) is 15.3 Å². The fourth-order valence-corrected chi connectivity index (χ4v) is 3.22. The summed E-state index contributed by atoms with van der Waals surface area (Å²) in [5.74, 6) is 1.65. The molecule has 1 aliphatic rings. The van der Waals surface area contributed by atoms with Gasteiger partial charge in [0, 0.05) is 25.0 Å². The number of aromatic nitrogens is 2. The first kappa shape index (κ1) is 18.9. The molecule has 0 unspecified atom stereocenters. The Morgan fingerprint density at radius 2 is 1.78 bits per heavy atom. The molecule has 7 heteroatoms. The summed E-state index contributed by atoms with van der Waals surface area (Å²) >= 11 is 0. The minimum atomic E-state index is -0.214. The number of nitrogens with one attached hydrogen (secondary N) is 2. The second-order valence-corrected chi connectivity index (χ2v) is 6.65. The van der Waals surface area contributed by atoms with Gasteiger partial charge in [-0.2, -0.15) is 0 Å². The average Bonchev–Trinajstić information content (AvgIpc) is 2.73. The highest BCUT2D eigenvalue weighted by atomic mass is 16.5. The predicted molar refractivity (Wildman–Crippen MR) is 103 cm³/mol. The zero-order valence-electron chi connectivity index (χ0n) is 15.8. The molecule has 0 spiro atoms. The van der Waals surface area contributed by atoms with Gasteiger partial charge in [-0.25, -0.2) is 9.97 Å². The van der Waals surface area contributed by atoms with Gasteiger partial charge in [0.25, 0.3) is 5.91 Å². The quantitative estimate of drug-likeness (QED) is 0.779. The molecule has 7 nitrogen and oxygen atoms in total. The Bertz CT molecular complexity index is 758. The van der Waals surface area contributed by atoms with Crippen molar-refractivity contribution < 1.29 is 14.3 Å². The Morgan fingerprint density at radius 3 is 2.44 bits per heavy atom. The van der Waals surface area contributed by atoms with Gasteiger partial charge in [0.15, 0.2) is 11.5 Å². The van der Waals surface area contributed by atoms with E-state index in [1.807, 2.05) is 18.2 Å². The second kappa shape index (κ2) is 9.21. The maximum Gasteiger partial charge on any atom is 0.254 e. The van der Waals surface area contributed by atoms with Crippen molar-refractivity contribution in [3.63, 3.8) is 0 Å². The van der Waals surface area contributed by atoms with Crippen molar-refractivity contribution in [3.05, 3.63) is 41.7 Å². The Labute approximate surface area is 159 Å². The van der Waals surface area contributed by atoms with Gasteiger partial charge >= 0.3 is 0 Å². The third-order valence-corrected chi connectivity index (χ3v) is 4.75. The molecule has 27 heavy (non-hydrogen) atoms. The molecule has 2 N–H and O–H groups in total. The van der Waals surface area contributed by atoms with E-state index >= 15 is 0 Å². The van der Waals surface area contributed by atoms with Crippen molar-refractivity contribution >= 4 is 11.9 Å². The number of benzene rings is 1. The zero-order valence-corrected chi connectivity index (χ0v) is 15.8. The first-order valence-corrected chi connectivity index (χ1v) is 9.27. The molecule has 3 rings (SSSR count). The summed E-state index contributed by atoms with van der Waals surface area (Å²) < 4.78 is 10.5. The molecule has 1 aliphatic carbocycles. The Kier molecular flexibility index (Phi) is 6.46.